The van der Waals surface area contributed by atoms with Crippen LogP contribution in [-0.4, -0.2) is 15.8 Å². The molecular formula is C19H15N3O4. The Morgan fingerprint density at radius 3 is 2.50 bits per heavy atom. The Hall–Kier alpha value is -3.74. The molecule has 0 saturated carbocycles. The van der Waals surface area contributed by atoms with Gasteiger partial charge in [-0.3, -0.25) is 14.9 Å². The van der Waals surface area contributed by atoms with Crippen LogP contribution >= 0.6 is 0 Å². The van der Waals surface area contributed by atoms with E-state index in [1.54, 1.807) is 30.3 Å². The molecule has 0 saturated heterocycles. The van der Waals surface area contributed by atoms with Crippen molar-refractivity contribution in [1.29, 1.82) is 0 Å². The van der Waals surface area contributed by atoms with E-state index in [0.29, 0.717) is 17.0 Å². The third kappa shape index (κ3) is 4.21. The number of rotatable bonds is 5. The highest BCUT2D eigenvalue weighted by molar-refractivity contribution is 6.04. The summed E-state index contributed by atoms with van der Waals surface area (Å²) in [6.07, 6.45) is 1.13. The smallest absolute Gasteiger partial charge is 0.287 e. The van der Waals surface area contributed by atoms with Gasteiger partial charge in [0.1, 0.15) is 11.9 Å². The van der Waals surface area contributed by atoms with Crippen LogP contribution in [0.2, 0.25) is 0 Å². The van der Waals surface area contributed by atoms with E-state index in [9.17, 15) is 14.9 Å². The monoisotopic (exact) mass is 349 g/mol. The van der Waals surface area contributed by atoms with Crippen LogP contribution in [0.3, 0.4) is 0 Å². The Balaban J connectivity index is 1.64. The number of nitro groups is 1. The lowest BCUT2D eigenvalue weighted by atomic mass is 10.1. The summed E-state index contributed by atoms with van der Waals surface area (Å²) in [5.74, 6) is 0.548. The van der Waals surface area contributed by atoms with Crippen LogP contribution in [0, 0.1) is 17.0 Å². The van der Waals surface area contributed by atoms with Crippen LogP contribution in [0.4, 0.5) is 11.4 Å². The zero-order valence-electron chi connectivity index (χ0n) is 13.9. The number of anilines is 1. The van der Waals surface area contributed by atoms with Gasteiger partial charge in [0.25, 0.3) is 11.6 Å². The maximum absolute atomic E-state index is 12.2. The Morgan fingerprint density at radius 1 is 1.12 bits per heavy atom. The van der Waals surface area contributed by atoms with Crippen LogP contribution in [0.25, 0.3) is 0 Å². The first-order valence-corrected chi connectivity index (χ1v) is 7.78. The second kappa shape index (κ2) is 7.43. The lowest BCUT2D eigenvalue weighted by Crippen LogP contribution is -2.11. The first-order valence-electron chi connectivity index (χ1n) is 7.78. The summed E-state index contributed by atoms with van der Waals surface area (Å²) in [6, 6.07) is 16.8. The van der Waals surface area contributed by atoms with Gasteiger partial charge in [-0.05, 0) is 43.3 Å². The van der Waals surface area contributed by atoms with Crippen LogP contribution in [0.15, 0.2) is 66.9 Å². The van der Waals surface area contributed by atoms with Crippen molar-refractivity contribution >= 4 is 17.3 Å². The minimum absolute atomic E-state index is 0.105. The van der Waals surface area contributed by atoms with Crippen molar-refractivity contribution in [2.75, 3.05) is 5.32 Å². The highest BCUT2D eigenvalue weighted by Gasteiger charge is 2.08. The number of hydrogen-bond acceptors (Lipinski definition) is 5. The lowest BCUT2D eigenvalue weighted by Gasteiger charge is -2.08. The summed E-state index contributed by atoms with van der Waals surface area (Å²) < 4.78 is 5.53. The lowest BCUT2D eigenvalue weighted by molar-refractivity contribution is -0.385. The Morgan fingerprint density at radius 2 is 1.88 bits per heavy atom. The van der Waals surface area contributed by atoms with Gasteiger partial charge in [-0.15, -0.1) is 0 Å². The molecule has 3 aromatic rings. The molecule has 3 rings (SSSR count). The van der Waals surface area contributed by atoms with Gasteiger partial charge in [0.2, 0.25) is 5.88 Å². The molecule has 1 amide bonds. The van der Waals surface area contributed by atoms with E-state index < -0.39 is 4.92 Å². The van der Waals surface area contributed by atoms with Crippen molar-refractivity contribution in [3.05, 3.63) is 88.1 Å². The van der Waals surface area contributed by atoms with Crippen molar-refractivity contribution in [2.24, 2.45) is 0 Å². The molecular weight excluding hydrogens is 334 g/mol. The van der Waals surface area contributed by atoms with Gasteiger partial charge in [0, 0.05) is 23.4 Å². The molecule has 0 aliphatic rings. The van der Waals surface area contributed by atoms with Crippen molar-refractivity contribution in [1.82, 2.24) is 4.98 Å². The molecule has 0 spiro atoms. The molecule has 0 bridgehead atoms. The van der Waals surface area contributed by atoms with Gasteiger partial charge in [0.05, 0.1) is 4.92 Å². The minimum atomic E-state index is -0.525. The highest BCUT2D eigenvalue weighted by Crippen LogP contribution is 2.23. The number of ether oxygens (including phenoxy) is 1. The number of aryl methyl sites for hydroxylation is 1. The van der Waals surface area contributed by atoms with Gasteiger partial charge < -0.3 is 10.1 Å². The SMILES string of the molecule is Cc1cccc(C(=O)Nc2ccc(Oc3ccc([N+](=O)[O-])cn3)cc2)c1. The second-order valence-corrected chi connectivity index (χ2v) is 5.56. The largest absolute Gasteiger partial charge is 0.439 e. The molecule has 0 aliphatic heterocycles. The number of carbonyl (C=O) groups is 1. The molecule has 1 heterocycles. The van der Waals surface area contributed by atoms with Crippen LogP contribution in [0.1, 0.15) is 15.9 Å². The average molecular weight is 349 g/mol. The summed E-state index contributed by atoms with van der Waals surface area (Å²) in [5.41, 5.74) is 2.12. The molecule has 0 fully saturated rings. The van der Waals surface area contributed by atoms with Gasteiger partial charge in [-0.1, -0.05) is 17.7 Å². The molecule has 0 unspecified atom stereocenters. The topological polar surface area (TPSA) is 94.4 Å². The van der Waals surface area contributed by atoms with Crippen molar-refractivity contribution in [3.63, 3.8) is 0 Å². The fraction of sp³-hybridized carbons (Fsp3) is 0.0526. The molecule has 7 heteroatoms. The second-order valence-electron chi connectivity index (χ2n) is 5.56. The number of nitrogens with one attached hydrogen (secondary N) is 1. The van der Waals surface area contributed by atoms with E-state index in [1.165, 1.54) is 12.1 Å². The number of amides is 1. The standard InChI is InChI=1S/C19H15N3O4/c1-13-3-2-4-14(11-13)19(23)21-15-5-8-17(9-6-15)26-18-10-7-16(12-20-18)22(24)25/h2-12H,1H3,(H,21,23). The Bertz CT molecular complexity index is 938. The molecule has 0 atom stereocenters. The molecule has 26 heavy (non-hydrogen) atoms. The molecule has 130 valence electrons. The molecule has 1 aromatic heterocycles. The average Bonchev–Trinajstić information content (AvgIpc) is 2.64. The number of pyridine rings is 1. The fourth-order valence-electron chi connectivity index (χ4n) is 2.26. The molecule has 0 radical (unpaired) electrons. The molecule has 2 aromatic carbocycles. The number of aromatic nitrogens is 1. The van der Waals surface area contributed by atoms with E-state index in [1.807, 2.05) is 25.1 Å². The number of nitrogens with zero attached hydrogens (tertiary/aromatic N) is 2. The van der Waals surface area contributed by atoms with E-state index in [-0.39, 0.29) is 17.5 Å². The number of benzene rings is 2. The van der Waals surface area contributed by atoms with Gasteiger partial charge in [-0.2, -0.15) is 0 Å². The zero-order chi connectivity index (χ0) is 18.5. The van der Waals surface area contributed by atoms with E-state index in [4.69, 9.17) is 4.74 Å². The first-order chi connectivity index (χ1) is 12.5. The van der Waals surface area contributed by atoms with Gasteiger partial charge in [0.15, 0.2) is 0 Å². The van der Waals surface area contributed by atoms with Crippen molar-refractivity contribution in [3.8, 4) is 11.6 Å². The van der Waals surface area contributed by atoms with Crippen molar-refractivity contribution < 1.29 is 14.5 Å². The summed E-state index contributed by atoms with van der Waals surface area (Å²) >= 11 is 0. The Kier molecular flexibility index (Phi) is 4.89. The van der Waals surface area contributed by atoms with Crippen molar-refractivity contribution in [2.45, 2.75) is 6.92 Å². The fourth-order valence-corrected chi connectivity index (χ4v) is 2.26. The minimum Gasteiger partial charge on any atom is -0.439 e. The van der Waals surface area contributed by atoms with Crippen LogP contribution in [-0.2, 0) is 0 Å². The van der Waals surface area contributed by atoms with E-state index in [2.05, 4.69) is 10.3 Å². The summed E-state index contributed by atoms with van der Waals surface area (Å²) in [6.45, 7) is 1.93. The summed E-state index contributed by atoms with van der Waals surface area (Å²) in [7, 11) is 0. The quantitative estimate of drug-likeness (QED) is 0.546. The van der Waals surface area contributed by atoms with E-state index >= 15 is 0 Å². The Labute approximate surface area is 149 Å². The van der Waals surface area contributed by atoms with Gasteiger partial charge >= 0.3 is 0 Å². The van der Waals surface area contributed by atoms with Crippen LogP contribution in [0.5, 0.6) is 11.6 Å². The normalized spacial score (nSPS) is 10.2. The molecule has 1 N–H and O–H groups in total. The third-order valence-corrected chi connectivity index (χ3v) is 3.55. The third-order valence-electron chi connectivity index (χ3n) is 3.55. The molecule has 7 nitrogen and oxygen atoms in total. The first kappa shape index (κ1) is 17.1. The predicted molar refractivity (Wildman–Crippen MR) is 96.5 cm³/mol. The highest BCUT2D eigenvalue weighted by atomic mass is 16.6. The number of hydrogen-bond donors (Lipinski definition) is 1. The summed E-state index contributed by atoms with van der Waals surface area (Å²) in [4.78, 5) is 26.2. The van der Waals surface area contributed by atoms with Gasteiger partial charge in [-0.25, -0.2) is 4.98 Å². The maximum atomic E-state index is 12.2. The van der Waals surface area contributed by atoms with E-state index in [0.717, 1.165) is 11.8 Å². The zero-order valence-corrected chi connectivity index (χ0v) is 13.9. The summed E-state index contributed by atoms with van der Waals surface area (Å²) in [5, 5.41) is 13.4. The van der Waals surface area contributed by atoms with Crippen LogP contribution < -0.4 is 10.1 Å². The predicted octanol–water partition coefficient (Wildman–Crippen LogP) is 4.34. The molecule has 0 aliphatic carbocycles. The maximum Gasteiger partial charge on any atom is 0.287 e. The number of carbonyl (C=O) groups excluding carboxylic acids is 1.